The Morgan fingerprint density at radius 1 is 1.30 bits per heavy atom. The van der Waals surface area contributed by atoms with Gasteiger partial charge in [0.2, 0.25) is 5.95 Å². The smallest absolute Gasteiger partial charge is 0.224 e. The van der Waals surface area contributed by atoms with Crippen molar-refractivity contribution in [3.63, 3.8) is 0 Å². The van der Waals surface area contributed by atoms with Crippen molar-refractivity contribution < 1.29 is 5.11 Å². The van der Waals surface area contributed by atoms with Gasteiger partial charge in [0.1, 0.15) is 5.65 Å². The van der Waals surface area contributed by atoms with Gasteiger partial charge in [-0.05, 0) is 50.6 Å². The topological polar surface area (TPSA) is 75.0 Å². The first kappa shape index (κ1) is 18.4. The third kappa shape index (κ3) is 4.01. The van der Waals surface area contributed by atoms with Gasteiger partial charge in [-0.3, -0.25) is 0 Å². The Morgan fingerprint density at radius 2 is 2.15 bits per heavy atom. The summed E-state index contributed by atoms with van der Waals surface area (Å²) in [6.07, 6.45) is 13.5. The van der Waals surface area contributed by atoms with E-state index in [-0.39, 0.29) is 6.10 Å². The number of rotatable bonds is 6. The van der Waals surface area contributed by atoms with Crippen LogP contribution >= 0.6 is 0 Å². The maximum Gasteiger partial charge on any atom is 0.224 e. The molecule has 3 N–H and O–H groups in total. The molecule has 2 aromatic rings. The van der Waals surface area contributed by atoms with Crippen molar-refractivity contribution in [1.29, 1.82) is 0 Å². The summed E-state index contributed by atoms with van der Waals surface area (Å²) in [6, 6.07) is 0.408. The highest BCUT2D eigenvalue weighted by atomic mass is 16.3. The molecular weight excluding hydrogens is 338 g/mol. The molecule has 0 amide bonds. The van der Waals surface area contributed by atoms with Crippen LogP contribution in [0.25, 0.3) is 16.6 Å². The van der Waals surface area contributed by atoms with E-state index in [4.69, 9.17) is 4.98 Å². The molecule has 0 aromatic carbocycles. The Labute approximate surface area is 161 Å². The molecule has 1 fully saturated rings. The Morgan fingerprint density at radius 3 is 2.89 bits per heavy atom. The predicted octanol–water partition coefficient (Wildman–Crippen LogP) is 3.50. The minimum Gasteiger partial charge on any atom is -0.393 e. The summed E-state index contributed by atoms with van der Waals surface area (Å²) < 4.78 is 2.35. The number of nitrogens with zero attached hydrogens (tertiary/aromatic N) is 3. The second kappa shape index (κ2) is 8.40. The average Bonchev–Trinajstić information content (AvgIpc) is 3.08. The van der Waals surface area contributed by atoms with Crippen molar-refractivity contribution in [2.45, 2.75) is 64.0 Å². The fourth-order valence-corrected chi connectivity index (χ4v) is 4.23. The minimum absolute atomic E-state index is 0.143. The highest BCUT2D eigenvalue weighted by Gasteiger charge is 2.24. The van der Waals surface area contributed by atoms with Crippen LogP contribution in [0.3, 0.4) is 0 Å². The van der Waals surface area contributed by atoms with E-state index < -0.39 is 0 Å². The number of fused-ring (bicyclic) bond motifs is 1. The molecule has 0 atom stereocenters. The van der Waals surface area contributed by atoms with Crippen LogP contribution in [0.2, 0.25) is 0 Å². The van der Waals surface area contributed by atoms with E-state index >= 15 is 0 Å². The van der Waals surface area contributed by atoms with Gasteiger partial charge in [0.05, 0.1) is 6.10 Å². The standard InChI is InChI=1S/C21H31N5O/c1-2-3-10-23-21-24-13-18-19(15-8-11-22-12-9-15)14-26(20(18)25-21)16-4-6-17(27)7-5-16/h8,13-14,16-17,22,27H,2-7,9-12H2,1H3,(H,23,24,25). The first-order valence-corrected chi connectivity index (χ1v) is 10.5. The summed E-state index contributed by atoms with van der Waals surface area (Å²) >= 11 is 0. The van der Waals surface area contributed by atoms with E-state index in [1.165, 1.54) is 11.1 Å². The summed E-state index contributed by atoms with van der Waals surface area (Å²) in [4.78, 5) is 9.48. The molecule has 1 aliphatic heterocycles. The minimum atomic E-state index is -0.143. The highest BCUT2D eigenvalue weighted by Crippen LogP contribution is 2.36. The van der Waals surface area contributed by atoms with Gasteiger partial charge >= 0.3 is 0 Å². The van der Waals surface area contributed by atoms with Crippen LogP contribution in [0.15, 0.2) is 18.5 Å². The molecule has 0 unspecified atom stereocenters. The van der Waals surface area contributed by atoms with E-state index in [0.717, 1.165) is 81.6 Å². The lowest BCUT2D eigenvalue weighted by Gasteiger charge is -2.27. The SMILES string of the molecule is CCCCNc1ncc2c(C3=CCNCC3)cn(C3CCC(O)CC3)c2n1. The molecular formula is C21H31N5O. The van der Waals surface area contributed by atoms with Crippen LogP contribution in [-0.2, 0) is 0 Å². The molecule has 27 heavy (non-hydrogen) atoms. The fraction of sp³-hybridized carbons (Fsp3) is 0.619. The lowest BCUT2D eigenvalue weighted by molar-refractivity contribution is 0.111. The molecule has 2 aromatic heterocycles. The molecule has 6 heteroatoms. The summed E-state index contributed by atoms with van der Waals surface area (Å²) in [5.41, 5.74) is 3.70. The summed E-state index contributed by atoms with van der Waals surface area (Å²) in [5.74, 6) is 0.719. The second-order valence-electron chi connectivity index (χ2n) is 7.81. The van der Waals surface area contributed by atoms with Gasteiger partial charge in [-0.25, -0.2) is 4.98 Å². The zero-order valence-electron chi connectivity index (χ0n) is 16.2. The molecule has 146 valence electrons. The van der Waals surface area contributed by atoms with Crippen LogP contribution in [0.5, 0.6) is 0 Å². The van der Waals surface area contributed by atoms with Crippen molar-refractivity contribution in [1.82, 2.24) is 19.9 Å². The van der Waals surface area contributed by atoms with E-state index in [9.17, 15) is 5.11 Å². The summed E-state index contributed by atoms with van der Waals surface area (Å²) in [5, 5.41) is 17.8. The number of anilines is 1. The van der Waals surface area contributed by atoms with Gasteiger partial charge in [-0.15, -0.1) is 0 Å². The third-order valence-electron chi connectivity index (χ3n) is 5.85. The maximum absolute atomic E-state index is 9.90. The maximum atomic E-state index is 9.90. The van der Waals surface area contributed by atoms with Crippen molar-refractivity contribution in [2.24, 2.45) is 0 Å². The van der Waals surface area contributed by atoms with E-state index in [2.05, 4.69) is 39.4 Å². The Hall–Kier alpha value is -1.92. The Balaban J connectivity index is 1.71. The van der Waals surface area contributed by atoms with Gasteiger partial charge < -0.3 is 20.3 Å². The van der Waals surface area contributed by atoms with E-state index in [1.54, 1.807) is 0 Å². The van der Waals surface area contributed by atoms with Crippen LogP contribution in [-0.4, -0.2) is 45.4 Å². The molecule has 0 spiro atoms. The highest BCUT2D eigenvalue weighted by molar-refractivity contribution is 5.91. The lowest BCUT2D eigenvalue weighted by atomic mass is 9.93. The molecule has 0 radical (unpaired) electrons. The molecule has 1 aliphatic carbocycles. The molecule has 6 nitrogen and oxygen atoms in total. The average molecular weight is 370 g/mol. The number of aliphatic hydroxyl groups is 1. The van der Waals surface area contributed by atoms with Crippen LogP contribution in [0.1, 0.15) is 63.5 Å². The van der Waals surface area contributed by atoms with Crippen LogP contribution in [0.4, 0.5) is 5.95 Å². The van der Waals surface area contributed by atoms with Gasteiger partial charge in [0.25, 0.3) is 0 Å². The molecule has 3 heterocycles. The van der Waals surface area contributed by atoms with Crippen molar-refractivity contribution in [3.05, 3.63) is 24.0 Å². The zero-order valence-corrected chi connectivity index (χ0v) is 16.2. The monoisotopic (exact) mass is 369 g/mol. The number of aromatic nitrogens is 3. The number of unbranched alkanes of at least 4 members (excludes halogenated alkanes) is 1. The van der Waals surface area contributed by atoms with Gasteiger partial charge in [-0.1, -0.05) is 19.4 Å². The largest absolute Gasteiger partial charge is 0.393 e. The number of hydrogen-bond acceptors (Lipinski definition) is 5. The second-order valence-corrected chi connectivity index (χ2v) is 7.81. The van der Waals surface area contributed by atoms with Crippen molar-refractivity contribution >= 4 is 22.6 Å². The van der Waals surface area contributed by atoms with Crippen LogP contribution in [0, 0.1) is 0 Å². The Bertz CT molecular complexity index is 804. The summed E-state index contributed by atoms with van der Waals surface area (Å²) in [6.45, 7) is 5.04. The molecule has 4 rings (SSSR count). The predicted molar refractivity (Wildman–Crippen MR) is 110 cm³/mol. The van der Waals surface area contributed by atoms with Crippen molar-refractivity contribution in [2.75, 3.05) is 25.0 Å². The Kier molecular flexibility index (Phi) is 5.74. The van der Waals surface area contributed by atoms with Gasteiger partial charge in [-0.2, -0.15) is 4.98 Å². The molecule has 0 bridgehead atoms. The summed E-state index contributed by atoms with van der Waals surface area (Å²) in [7, 11) is 0. The number of aliphatic hydroxyl groups excluding tert-OH is 1. The molecule has 2 aliphatic rings. The van der Waals surface area contributed by atoms with E-state index in [1.807, 2.05) is 6.20 Å². The van der Waals surface area contributed by atoms with Crippen LogP contribution < -0.4 is 10.6 Å². The van der Waals surface area contributed by atoms with Crippen molar-refractivity contribution in [3.8, 4) is 0 Å². The lowest BCUT2D eigenvalue weighted by Crippen LogP contribution is -2.21. The number of hydrogen-bond donors (Lipinski definition) is 3. The molecule has 1 saturated carbocycles. The normalized spacial score (nSPS) is 23.4. The quantitative estimate of drug-likeness (QED) is 0.680. The molecule has 0 saturated heterocycles. The zero-order chi connectivity index (χ0) is 18.6. The van der Waals surface area contributed by atoms with Gasteiger partial charge in [0, 0.05) is 42.5 Å². The van der Waals surface area contributed by atoms with E-state index in [0.29, 0.717) is 6.04 Å². The first-order chi connectivity index (χ1) is 13.3. The first-order valence-electron chi connectivity index (χ1n) is 10.5. The van der Waals surface area contributed by atoms with Gasteiger partial charge in [0.15, 0.2) is 0 Å². The fourth-order valence-electron chi connectivity index (χ4n) is 4.23. The number of nitrogens with one attached hydrogen (secondary N) is 2. The third-order valence-corrected chi connectivity index (χ3v) is 5.85.